The van der Waals surface area contributed by atoms with E-state index in [9.17, 15) is 4.79 Å². The molecule has 1 rings (SSSR count). The molecule has 0 radical (unpaired) electrons. The van der Waals surface area contributed by atoms with Crippen LogP contribution in [0, 0.1) is 12.3 Å². The van der Waals surface area contributed by atoms with Crippen molar-refractivity contribution in [1.82, 2.24) is 10.1 Å². The normalized spacial score (nSPS) is 9.67. The van der Waals surface area contributed by atoms with Gasteiger partial charge in [0, 0.05) is 20.2 Å². The minimum absolute atomic E-state index is 0.236. The Balaban J connectivity index is 2.70. The Bertz CT molecular complexity index is 378. The molecule has 0 spiro atoms. The number of amides is 1. The highest BCUT2D eigenvalue weighted by molar-refractivity contribution is 5.92. The molecule has 0 bridgehead atoms. The lowest BCUT2D eigenvalue weighted by Crippen LogP contribution is -2.27. The first-order chi connectivity index (χ1) is 7.19. The summed E-state index contributed by atoms with van der Waals surface area (Å²) < 4.78 is 9.72. The molecular formula is C10H12N2O3. The molecule has 0 aliphatic carbocycles. The van der Waals surface area contributed by atoms with Gasteiger partial charge in [0.2, 0.25) is 0 Å². The minimum atomic E-state index is -0.265. The lowest BCUT2D eigenvalue weighted by Gasteiger charge is -2.10. The molecule has 5 heteroatoms. The van der Waals surface area contributed by atoms with Crippen LogP contribution in [0.3, 0.4) is 0 Å². The minimum Gasteiger partial charge on any atom is -0.377 e. The summed E-state index contributed by atoms with van der Waals surface area (Å²) in [6, 6.07) is 1.54. The van der Waals surface area contributed by atoms with Crippen LogP contribution in [0.5, 0.6) is 0 Å². The van der Waals surface area contributed by atoms with Crippen LogP contribution < -0.4 is 0 Å². The summed E-state index contributed by atoms with van der Waals surface area (Å²) in [5, 5.41) is 3.62. The van der Waals surface area contributed by atoms with Gasteiger partial charge in [0.1, 0.15) is 6.61 Å². The van der Waals surface area contributed by atoms with Crippen molar-refractivity contribution in [1.29, 1.82) is 0 Å². The van der Waals surface area contributed by atoms with E-state index >= 15 is 0 Å². The van der Waals surface area contributed by atoms with Gasteiger partial charge in [-0.3, -0.25) is 4.79 Å². The van der Waals surface area contributed by atoms with Gasteiger partial charge in [-0.1, -0.05) is 11.1 Å². The molecule has 1 heterocycles. The molecule has 1 aromatic rings. The number of ether oxygens (including phenoxy) is 1. The Kier molecular flexibility index (Phi) is 3.89. The maximum absolute atomic E-state index is 11.6. The van der Waals surface area contributed by atoms with Gasteiger partial charge in [-0.2, -0.15) is 0 Å². The molecule has 0 atom stereocenters. The number of rotatable bonds is 4. The number of hydrogen-bond acceptors (Lipinski definition) is 4. The quantitative estimate of drug-likeness (QED) is 0.677. The van der Waals surface area contributed by atoms with E-state index in [2.05, 4.69) is 11.1 Å². The molecule has 15 heavy (non-hydrogen) atoms. The molecule has 0 saturated carbocycles. The first kappa shape index (κ1) is 11.3. The van der Waals surface area contributed by atoms with E-state index in [0.717, 1.165) is 0 Å². The zero-order chi connectivity index (χ0) is 11.3. The maximum Gasteiger partial charge on any atom is 0.276 e. The van der Waals surface area contributed by atoms with E-state index in [1.807, 2.05) is 0 Å². The van der Waals surface area contributed by atoms with Gasteiger partial charge in [0.05, 0.1) is 6.54 Å². The molecule has 0 saturated heterocycles. The van der Waals surface area contributed by atoms with Crippen molar-refractivity contribution in [3.8, 4) is 12.3 Å². The van der Waals surface area contributed by atoms with Crippen LogP contribution in [0.2, 0.25) is 0 Å². The summed E-state index contributed by atoms with van der Waals surface area (Å²) in [5.74, 6) is 2.62. The molecule has 1 aromatic heterocycles. The predicted molar refractivity (Wildman–Crippen MR) is 53.0 cm³/mol. The van der Waals surface area contributed by atoms with Crippen LogP contribution in [0.4, 0.5) is 0 Å². The number of methoxy groups -OCH3 is 1. The van der Waals surface area contributed by atoms with Gasteiger partial charge in [-0.15, -0.1) is 6.42 Å². The first-order valence-corrected chi connectivity index (χ1v) is 4.32. The summed E-state index contributed by atoms with van der Waals surface area (Å²) in [6.07, 6.45) is 5.09. The molecule has 0 unspecified atom stereocenters. The monoisotopic (exact) mass is 208 g/mol. The molecule has 0 aliphatic heterocycles. The summed E-state index contributed by atoms with van der Waals surface area (Å²) in [4.78, 5) is 13.0. The molecule has 0 N–H and O–H groups in total. The van der Waals surface area contributed by atoms with Gasteiger partial charge in [0.15, 0.2) is 11.5 Å². The molecule has 0 fully saturated rings. The Hall–Kier alpha value is -1.80. The first-order valence-electron chi connectivity index (χ1n) is 4.32. The zero-order valence-corrected chi connectivity index (χ0v) is 8.69. The molecule has 0 aliphatic rings. The third kappa shape index (κ3) is 2.82. The maximum atomic E-state index is 11.6. The van der Waals surface area contributed by atoms with Crippen LogP contribution in [0.25, 0.3) is 0 Å². The summed E-state index contributed by atoms with van der Waals surface area (Å²) in [7, 11) is 3.14. The second-order valence-electron chi connectivity index (χ2n) is 2.98. The number of aromatic nitrogens is 1. The molecule has 5 nitrogen and oxygen atoms in total. The molecular weight excluding hydrogens is 196 g/mol. The van der Waals surface area contributed by atoms with Crippen molar-refractivity contribution in [2.75, 3.05) is 20.7 Å². The Morgan fingerprint density at radius 1 is 1.80 bits per heavy atom. The van der Waals surface area contributed by atoms with Crippen LogP contribution in [-0.2, 0) is 11.3 Å². The van der Waals surface area contributed by atoms with Crippen LogP contribution in [-0.4, -0.2) is 36.7 Å². The highest BCUT2D eigenvalue weighted by atomic mass is 16.5. The van der Waals surface area contributed by atoms with E-state index in [1.54, 1.807) is 13.1 Å². The summed E-state index contributed by atoms with van der Waals surface area (Å²) in [6.45, 7) is 0.532. The fraction of sp³-hybridized carbons (Fsp3) is 0.400. The number of carbonyl (C=O) groups excluding carboxylic acids is 1. The predicted octanol–water partition coefficient (Wildman–Crippen LogP) is 0.526. The zero-order valence-electron chi connectivity index (χ0n) is 8.69. The fourth-order valence-electron chi connectivity index (χ4n) is 1.03. The van der Waals surface area contributed by atoms with E-state index < -0.39 is 0 Å². The highest BCUT2D eigenvalue weighted by Crippen LogP contribution is 2.06. The van der Waals surface area contributed by atoms with Crippen molar-refractivity contribution in [2.24, 2.45) is 0 Å². The number of terminal acetylenes is 1. The van der Waals surface area contributed by atoms with Crippen molar-refractivity contribution in [3.63, 3.8) is 0 Å². The van der Waals surface area contributed by atoms with Crippen molar-refractivity contribution < 1.29 is 14.1 Å². The van der Waals surface area contributed by atoms with Crippen LogP contribution in [0.15, 0.2) is 10.6 Å². The van der Waals surface area contributed by atoms with Crippen molar-refractivity contribution in [2.45, 2.75) is 6.61 Å². The van der Waals surface area contributed by atoms with Crippen molar-refractivity contribution in [3.05, 3.63) is 17.5 Å². The van der Waals surface area contributed by atoms with Crippen LogP contribution >= 0.6 is 0 Å². The van der Waals surface area contributed by atoms with Gasteiger partial charge in [0.25, 0.3) is 5.91 Å². The van der Waals surface area contributed by atoms with Gasteiger partial charge in [-0.05, 0) is 0 Å². The molecule has 80 valence electrons. The van der Waals surface area contributed by atoms with Crippen molar-refractivity contribution >= 4 is 5.91 Å². The van der Waals surface area contributed by atoms with Gasteiger partial charge >= 0.3 is 0 Å². The number of nitrogens with zero attached hydrogens (tertiary/aromatic N) is 2. The largest absolute Gasteiger partial charge is 0.377 e. The Labute approximate surface area is 88.0 Å². The topological polar surface area (TPSA) is 55.6 Å². The Morgan fingerprint density at radius 3 is 3.13 bits per heavy atom. The lowest BCUT2D eigenvalue weighted by molar-refractivity contribution is 0.0802. The highest BCUT2D eigenvalue weighted by Gasteiger charge is 2.15. The van der Waals surface area contributed by atoms with E-state index in [0.29, 0.717) is 12.4 Å². The van der Waals surface area contributed by atoms with Crippen LogP contribution in [0.1, 0.15) is 16.2 Å². The lowest BCUT2D eigenvalue weighted by atomic mass is 10.3. The van der Waals surface area contributed by atoms with Gasteiger partial charge in [-0.25, -0.2) is 0 Å². The van der Waals surface area contributed by atoms with E-state index in [4.69, 9.17) is 15.7 Å². The second-order valence-corrected chi connectivity index (χ2v) is 2.98. The Morgan fingerprint density at radius 2 is 2.53 bits per heavy atom. The third-order valence-electron chi connectivity index (χ3n) is 1.74. The fourth-order valence-corrected chi connectivity index (χ4v) is 1.03. The second kappa shape index (κ2) is 5.17. The smallest absolute Gasteiger partial charge is 0.276 e. The SMILES string of the molecule is C#CCN(C)C(=O)c1cc(COC)on1. The number of carbonyl (C=O) groups is 1. The van der Waals surface area contributed by atoms with E-state index in [1.165, 1.54) is 12.0 Å². The van der Waals surface area contributed by atoms with Gasteiger partial charge < -0.3 is 14.2 Å². The summed E-state index contributed by atoms with van der Waals surface area (Å²) >= 11 is 0. The average Bonchev–Trinajstić information content (AvgIpc) is 2.66. The standard InChI is InChI=1S/C10H12N2O3/c1-4-5-12(2)10(13)9-6-8(7-14-3)15-11-9/h1,6H,5,7H2,2-3H3. The third-order valence-corrected chi connectivity index (χ3v) is 1.74. The molecule has 0 aromatic carbocycles. The summed E-state index contributed by atoms with van der Waals surface area (Å²) in [5.41, 5.74) is 0.236. The number of hydrogen-bond donors (Lipinski definition) is 0. The van der Waals surface area contributed by atoms with E-state index in [-0.39, 0.29) is 18.1 Å². The average molecular weight is 208 g/mol. The molecule has 1 amide bonds.